The molecule has 1 heteroatoms. The average molecular weight is 139 g/mol. The molecule has 0 amide bonds. The van der Waals surface area contributed by atoms with Crippen LogP contribution in [0.2, 0.25) is 0 Å². The zero-order valence-corrected chi connectivity index (χ0v) is 6.84. The fourth-order valence-electron chi connectivity index (χ4n) is 2.59. The number of rotatable bonds is 2. The highest BCUT2D eigenvalue weighted by atomic mass is 15.2. The molecule has 0 radical (unpaired) electrons. The summed E-state index contributed by atoms with van der Waals surface area (Å²) >= 11 is 0. The Hall–Kier alpha value is -0.0400. The van der Waals surface area contributed by atoms with Crippen LogP contribution in [-0.4, -0.2) is 24.0 Å². The number of likely N-dealkylation sites (tertiary alicyclic amines) is 1. The summed E-state index contributed by atoms with van der Waals surface area (Å²) in [6, 6.07) is 0.991. The summed E-state index contributed by atoms with van der Waals surface area (Å²) in [5.41, 5.74) is 0. The van der Waals surface area contributed by atoms with Crippen LogP contribution >= 0.6 is 0 Å². The van der Waals surface area contributed by atoms with Crippen molar-refractivity contribution in [2.45, 2.75) is 38.6 Å². The van der Waals surface area contributed by atoms with Crippen LogP contribution in [0.4, 0.5) is 0 Å². The van der Waals surface area contributed by atoms with Crippen LogP contribution < -0.4 is 0 Å². The van der Waals surface area contributed by atoms with Gasteiger partial charge in [0.1, 0.15) is 0 Å². The van der Waals surface area contributed by atoms with E-state index in [4.69, 9.17) is 0 Å². The third kappa shape index (κ3) is 0.968. The van der Waals surface area contributed by atoms with Gasteiger partial charge in [-0.1, -0.05) is 6.92 Å². The Kier molecular flexibility index (Phi) is 1.69. The molecule has 58 valence electrons. The molecule has 1 aliphatic heterocycles. The van der Waals surface area contributed by atoms with E-state index in [0.29, 0.717) is 0 Å². The van der Waals surface area contributed by atoms with Gasteiger partial charge < -0.3 is 4.90 Å². The molecule has 2 fully saturated rings. The monoisotopic (exact) mass is 139 g/mol. The second-order valence-corrected chi connectivity index (χ2v) is 3.83. The molecule has 1 nitrogen and oxygen atoms in total. The second kappa shape index (κ2) is 2.54. The Morgan fingerprint density at radius 2 is 2.30 bits per heavy atom. The van der Waals surface area contributed by atoms with Crippen molar-refractivity contribution in [2.24, 2.45) is 5.92 Å². The largest absolute Gasteiger partial charge is 0.300 e. The number of hydrogen-bond donors (Lipinski definition) is 0. The lowest BCUT2D eigenvalue weighted by atomic mass is 10.1. The molecule has 2 atom stereocenters. The normalized spacial score (nSPS) is 39.3. The highest BCUT2D eigenvalue weighted by Gasteiger charge is 2.36. The van der Waals surface area contributed by atoms with Crippen molar-refractivity contribution in [3.63, 3.8) is 0 Å². The molecule has 0 unspecified atom stereocenters. The van der Waals surface area contributed by atoms with E-state index in [1.54, 1.807) is 0 Å². The SMILES string of the molecule is CCCN1C[C@H]2CC[C@@H]1C2. The minimum atomic E-state index is 0.991. The van der Waals surface area contributed by atoms with Crippen LogP contribution in [0.1, 0.15) is 32.6 Å². The lowest BCUT2D eigenvalue weighted by molar-refractivity contribution is 0.214. The van der Waals surface area contributed by atoms with E-state index in [0.717, 1.165) is 12.0 Å². The Morgan fingerprint density at radius 3 is 2.80 bits per heavy atom. The van der Waals surface area contributed by atoms with Crippen LogP contribution in [0.3, 0.4) is 0 Å². The summed E-state index contributed by atoms with van der Waals surface area (Å²) in [5.74, 6) is 1.08. The highest BCUT2D eigenvalue weighted by molar-refractivity contribution is 4.91. The summed E-state index contributed by atoms with van der Waals surface area (Å²) in [5, 5.41) is 0. The van der Waals surface area contributed by atoms with Gasteiger partial charge in [-0.25, -0.2) is 0 Å². The molecule has 0 spiro atoms. The molecule has 1 heterocycles. The van der Waals surface area contributed by atoms with Crippen LogP contribution in [0.25, 0.3) is 0 Å². The highest BCUT2D eigenvalue weighted by Crippen LogP contribution is 2.36. The first-order chi connectivity index (χ1) is 4.90. The first-order valence-electron chi connectivity index (χ1n) is 4.64. The smallest absolute Gasteiger partial charge is 0.00985 e. The fourth-order valence-corrected chi connectivity index (χ4v) is 2.59. The van der Waals surface area contributed by atoms with Crippen molar-refractivity contribution in [3.8, 4) is 0 Å². The number of piperidine rings is 1. The zero-order valence-electron chi connectivity index (χ0n) is 6.84. The summed E-state index contributed by atoms with van der Waals surface area (Å²) < 4.78 is 0. The van der Waals surface area contributed by atoms with Crippen molar-refractivity contribution in [1.82, 2.24) is 4.90 Å². The van der Waals surface area contributed by atoms with Crippen LogP contribution in [0.5, 0.6) is 0 Å². The molecule has 0 aromatic carbocycles. The third-order valence-corrected chi connectivity index (χ3v) is 3.03. The van der Waals surface area contributed by atoms with Crippen molar-refractivity contribution in [2.75, 3.05) is 13.1 Å². The molecular weight excluding hydrogens is 122 g/mol. The first-order valence-corrected chi connectivity index (χ1v) is 4.64. The quantitative estimate of drug-likeness (QED) is 0.564. The van der Waals surface area contributed by atoms with Gasteiger partial charge in [0.2, 0.25) is 0 Å². The van der Waals surface area contributed by atoms with E-state index in [2.05, 4.69) is 11.8 Å². The Balaban J connectivity index is 1.90. The van der Waals surface area contributed by atoms with Gasteiger partial charge in [0.25, 0.3) is 0 Å². The summed E-state index contributed by atoms with van der Waals surface area (Å²) in [7, 11) is 0. The molecule has 0 aromatic heterocycles. The number of nitrogens with zero attached hydrogens (tertiary/aromatic N) is 1. The molecule has 1 aliphatic carbocycles. The van der Waals surface area contributed by atoms with Crippen LogP contribution in [0, 0.1) is 5.92 Å². The fraction of sp³-hybridized carbons (Fsp3) is 1.00. The minimum absolute atomic E-state index is 0.991. The van der Waals surface area contributed by atoms with Gasteiger partial charge in [-0.3, -0.25) is 0 Å². The molecular formula is C9H17N. The predicted molar refractivity (Wildman–Crippen MR) is 43.0 cm³/mol. The van der Waals surface area contributed by atoms with Crippen LogP contribution in [-0.2, 0) is 0 Å². The lowest BCUT2D eigenvalue weighted by Gasteiger charge is -2.25. The van der Waals surface area contributed by atoms with E-state index in [1.807, 2.05) is 0 Å². The average Bonchev–Trinajstić information content (AvgIpc) is 2.48. The van der Waals surface area contributed by atoms with Gasteiger partial charge >= 0.3 is 0 Å². The van der Waals surface area contributed by atoms with E-state index in [1.165, 1.54) is 38.8 Å². The molecule has 10 heavy (non-hydrogen) atoms. The van der Waals surface area contributed by atoms with Gasteiger partial charge in [-0.15, -0.1) is 0 Å². The number of fused-ring (bicyclic) bond motifs is 2. The van der Waals surface area contributed by atoms with Crippen molar-refractivity contribution in [1.29, 1.82) is 0 Å². The second-order valence-electron chi connectivity index (χ2n) is 3.83. The molecule has 1 saturated heterocycles. The van der Waals surface area contributed by atoms with Gasteiger partial charge in [0, 0.05) is 12.6 Å². The van der Waals surface area contributed by atoms with Crippen LogP contribution in [0.15, 0.2) is 0 Å². The van der Waals surface area contributed by atoms with E-state index < -0.39 is 0 Å². The maximum absolute atomic E-state index is 2.69. The molecule has 2 bridgehead atoms. The Labute approximate surface area is 63.4 Å². The van der Waals surface area contributed by atoms with Gasteiger partial charge in [0.05, 0.1) is 0 Å². The standard InChI is InChI=1S/C9H17N/c1-2-5-10-7-8-3-4-9(10)6-8/h8-9H,2-7H2,1H3/t8-,9+/m0/s1. The zero-order chi connectivity index (χ0) is 6.97. The minimum Gasteiger partial charge on any atom is -0.300 e. The predicted octanol–water partition coefficient (Wildman–Crippen LogP) is 1.88. The summed E-state index contributed by atoms with van der Waals surface area (Å²) in [6.45, 7) is 5.05. The Bertz CT molecular complexity index is 122. The molecule has 1 saturated carbocycles. The van der Waals surface area contributed by atoms with Crippen molar-refractivity contribution in [3.05, 3.63) is 0 Å². The summed E-state index contributed by atoms with van der Waals surface area (Å²) in [6.07, 6.45) is 5.86. The van der Waals surface area contributed by atoms with Gasteiger partial charge in [-0.2, -0.15) is 0 Å². The topological polar surface area (TPSA) is 3.24 Å². The van der Waals surface area contributed by atoms with Gasteiger partial charge in [0.15, 0.2) is 0 Å². The van der Waals surface area contributed by atoms with E-state index >= 15 is 0 Å². The van der Waals surface area contributed by atoms with Gasteiger partial charge in [-0.05, 0) is 38.1 Å². The molecule has 2 aliphatic rings. The lowest BCUT2D eigenvalue weighted by Crippen LogP contribution is -2.32. The molecule has 2 rings (SSSR count). The van der Waals surface area contributed by atoms with Crippen molar-refractivity contribution < 1.29 is 0 Å². The maximum atomic E-state index is 2.69. The number of hydrogen-bond acceptors (Lipinski definition) is 1. The first kappa shape index (κ1) is 6.66. The van der Waals surface area contributed by atoms with E-state index in [-0.39, 0.29) is 0 Å². The summed E-state index contributed by atoms with van der Waals surface area (Å²) in [4.78, 5) is 2.69. The third-order valence-electron chi connectivity index (χ3n) is 3.03. The van der Waals surface area contributed by atoms with Crippen molar-refractivity contribution >= 4 is 0 Å². The Morgan fingerprint density at radius 1 is 1.40 bits per heavy atom. The maximum Gasteiger partial charge on any atom is 0.00985 e. The molecule has 0 N–H and O–H groups in total. The van der Waals surface area contributed by atoms with E-state index in [9.17, 15) is 0 Å². The molecule has 0 aromatic rings.